The number of amides is 1. The van der Waals surface area contributed by atoms with Gasteiger partial charge in [0.25, 0.3) is 15.9 Å². The van der Waals surface area contributed by atoms with E-state index in [0.29, 0.717) is 22.3 Å². The first-order chi connectivity index (χ1) is 17.5. The number of fused-ring (bicyclic) bond motifs is 1. The molecule has 37 heavy (non-hydrogen) atoms. The van der Waals surface area contributed by atoms with Gasteiger partial charge in [0.2, 0.25) is 5.13 Å². The number of nitrogens with one attached hydrogen (secondary N) is 1. The minimum absolute atomic E-state index is 0.0863. The Bertz CT molecular complexity index is 1370. The molecule has 1 aromatic heterocycles. The summed E-state index contributed by atoms with van der Waals surface area (Å²) >= 11 is 2.84. The molecule has 0 spiro atoms. The molecule has 0 aliphatic carbocycles. The Labute approximate surface area is 225 Å². The van der Waals surface area contributed by atoms with Crippen molar-refractivity contribution in [2.75, 3.05) is 29.0 Å². The van der Waals surface area contributed by atoms with Crippen molar-refractivity contribution >= 4 is 49.8 Å². The molecule has 3 aromatic rings. The molecule has 1 N–H and O–H groups in total. The molecule has 0 bridgehead atoms. The van der Waals surface area contributed by atoms with E-state index >= 15 is 0 Å². The molecule has 1 aliphatic rings. The number of nitrogens with zero attached hydrogens (tertiary/aromatic N) is 3. The van der Waals surface area contributed by atoms with Crippen LogP contribution in [0.2, 0.25) is 0 Å². The van der Waals surface area contributed by atoms with Crippen LogP contribution >= 0.6 is 23.1 Å². The van der Waals surface area contributed by atoms with Crippen molar-refractivity contribution in [3.8, 4) is 11.5 Å². The summed E-state index contributed by atoms with van der Waals surface area (Å²) in [5, 5.41) is 11.2. The molecule has 1 aliphatic heterocycles. The highest BCUT2D eigenvalue weighted by atomic mass is 32.2. The van der Waals surface area contributed by atoms with Gasteiger partial charge in [0.1, 0.15) is 11.5 Å². The average Bonchev–Trinajstić information content (AvgIpc) is 3.32. The second kappa shape index (κ2) is 10.9. The Morgan fingerprint density at radius 2 is 1.95 bits per heavy atom. The van der Waals surface area contributed by atoms with Crippen LogP contribution in [0.3, 0.4) is 0 Å². The molecular weight excluding hydrogens is 532 g/mol. The van der Waals surface area contributed by atoms with Gasteiger partial charge in [-0.1, -0.05) is 56.9 Å². The van der Waals surface area contributed by atoms with Crippen LogP contribution in [0.4, 0.5) is 10.8 Å². The highest BCUT2D eigenvalue weighted by Gasteiger charge is 2.38. The number of sulfonamides is 1. The molecule has 0 saturated carbocycles. The van der Waals surface area contributed by atoms with Crippen molar-refractivity contribution < 1.29 is 22.7 Å². The second-order valence-electron chi connectivity index (χ2n) is 9.46. The Morgan fingerprint density at radius 1 is 1.22 bits per heavy atom. The number of rotatable bonds is 8. The molecule has 1 unspecified atom stereocenters. The monoisotopic (exact) mass is 562 g/mol. The Hall–Kier alpha value is -2.83. The van der Waals surface area contributed by atoms with Crippen LogP contribution in [-0.2, 0) is 20.2 Å². The molecule has 1 atom stereocenters. The number of hydrogen-bond donors (Lipinski definition) is 1. The summed E-state index contributed by atoms with van der Waals surface area (Å²) < 4.78 is 40.8. The molecule has 0 radical (unpaired) electrons. The van der Waals surface area contributed by atoms with Gasteiger partial charge in [-0.05, 0) is 53.8 Å². The van der Waals surface area contributed by atoms with Gasteiger partial charge >= 0.3 is 0 Å². The number of benzene rings is 2. The Morgan fingerprint density at radius 3 is 2.59 bits per heavy atom. The summed E-state index contributed by atoms with van der Waals surface area (Å²) in [6.45, 7) is 8.02. The zero-order chi connectivity index (χ0) is 26.8. The predicted molar refractivity (Wildman–Crippen MR) is 147 cm³/mol. The average molecular weight is 563 g/mol. The predicted octanol–water partition coefficient (Wildman–Crippen LogP) is 4.94. The fourth-order valence-electron chi connectivity index (χ4n) is 3.65. The third-order valence-corrected chi connectivity index (χ3v) is 9.67. The lowest BCUT2D eigenvalue weighted by molar-refractivity contribution is -0.122. The number of anilines is 2. The molecule has 0 fully saturated rings. The van der Waals surface area contributed by atoms with Crippen molar-refractivity contribution in [3.63, 3.8) is 0 Å². The van der Waals surface area contributed by atoms with E-state index < -0.39 is 22.0 Å². The Balaban J connectivity index is 1.67. The molecule has 2 aromatic carbocycles. The zero-order valence-electron chi connectivity index (χ0n) is 21.3. The molecule has 2 heterocycles. The number of ether oxygens (including phenoxy) is 2. The standard InChI is InChI=1S/C25H30N4O5S3/c1-6-13-35-24-28-27-23(36-24)26-22(30)21-15-29(37(31,32)18-10-8-17(33-5)9-11-18)19-14-16(25(2,3)4)7-12-20(19)34-21/h7-12,14,21H,6,13,15H2,1-5H3,(H,26,27,30). The van der Waals surface area contributed by atoms with Gasteiger partial charge < -0.3 is 9.47 Å². The summed E-state index contributed by atoms with van der Waals surface area (Å²) in [7, 11) is -2.50. The fourth-order valence-corrected chi connectivity index (χ4v) is 6.80. The van der Waals surface area contributed by atoms with Gasteiger partial charge in [-0.2, -0.15) is 0 Å². The first-order valence-corrected chi connectivity index (χ1v) is 15.0. The van der Waals surface area contributed by atoms with Crippen LogP contribution in [0, 0.1) is 0 Å². The first kappa shape index (κ1) is 27.2. The number of hydrogen-bond acceptors (Lipinski definition) is 9. The smallest absolute Gasteiger partial charge is 0.269 e. The summed E-state index contributed by atoms with van der Waals surface area (Å²) in [5.74, 6) is 1.26. The number of thioether (sulfide) groups is 1. The van der Waals surface area contributed by atoms with Crippen molar-refractivity contribution in [2.24, 2.45) is 0 Å². The van der Waals surface area contributed by atoms with Gasteiger partial charge in [-0.15, -0.1) is 10.2 Å². The van der Waals surface area contributed by atoms with Crippen LogP contribution in [0.1, 0.15) is 39.7 Å². The molecule has 0 saturated heterocycles. The van der Waals surface area contributed by atoms with E-state index in [0.717, 1.165) is 22.1 Å². The maximum absolute atomic E-state index is 13.8. The lowest BCUT2D eigenvalue weighted by atomic mass is 9.86. The van der Waals surface area contributed by atoms with Gasteiger partial charge in [-0.3, -0.25) is 14.4 Å². The lowest BCUT2D eigenvalue weighted by Crippen LogP contribution is -2.49. The second-order valence-corrected chi connectivity index (χ2v) is 13.6. The molecule has 12 heteroatoms. The van der Waals surface area contributed by atoms with Crippen LogP contribution in [0.25, 0.3) is 0 Å². The highest BCUT2D eigenvalue weighted by molar-refractivity contribution is 8.01. The minimum atomic E-state index is -4.02. The number of methoxy groups -OCH3 is 1. The van der Waals surface area contributed by atoms with Crippen molar-refractivity contribution in [2.45, 2.75) is 54.9 Å². The van der Waals surface area contributed by atoms with Gasteiger partial charge in [0.05, 0.1) is 24.2 Å². The maximum Gasteiger partial charge on any atom is 0.269 e. The largest absolute Gasteiger partial charge is 0.497 e. The van der Waals surface area contributed by atoms with Crippen LogP contribution in [0.5, 0.6) is 11.5 Å². The van der Waals surface area contributed by atoms with Crippen LogP contribution in [0.15, 0.2) is 51.7 Å². The number of carbonyl (C=O) groups is 1. The van der Waals surface area contributed by atoms with E-state index in [-0.39, 0.29) is 16.9 Å². The van der Waals surface area contributed by atoms with E-state index in [2.05, 4.69) is 22.4 Å². The van der Waals surface area contributed by atoms with E-state index in [4.69, 9.17) is 9.47 Å². The third kappa shape index (κ3) is 6.02. The van der Waals surface area contributed by atoms with E-state index in [1.807, 2.05) is 32.9 Å². The Kier molecular flexibility index (Phi) is 8.00. The first-order valence-electron chi connectivity index (χ1n) is 11.8. The van der Waals surface area contributed by atoms with Crippen molar-refractivity contribution in [3.05, 3.63) is 48.0 Å². The molecular formula is C25H30N4O5S3. The number of aromatic nitrogens is 2. The quantitative estimate of drug-likeness (QED) is 0.304. The summed E-state index contributed by atoms with van der Waals surface area (Å²) in [6, 6.07) is 11.6. The summed E-state index contributed by atoms with van der Waals surface area (Å²) in [6.07, 6.45) is -0.0897. The summed E-state index contributed by atoms with van der Waals surface area (Å²) in [4.78, 5) is 13.3. The normalized spacial score (nSPS) is 15.6. The van der Waals surface area contributed by atoms with E-state index in [1.165, 1.54) is 34.9 Å². The van der Waals surface area contributed by atoms with Crippen molar-refractivity contribution in [1.82, 2.24) is 10.2 Å². The SMILES string of the molecule is CCCSc1nnc(NC(=O)C2CN(S(=O)(=O)c3ccc(OC)cc3)c3cc(C(C)(C)C)ccc3O2)s1. The minimum Gasteiger partial charge on any atom is -0.497 e. The molecule has 1 amide bonds. The fraction of sp³-hybridized carbons (Fsp3) is 0.400. The maximum atomic E-state index is 13.8. The topological polar surface area (TPSA) is 111 Å². The van der Waals surface area contributed by atoms with E-state index in [1.54, 1.807) is 30.0 Å². The number of carbonyl (C=O) groups excluding carboxylic acids is 1. The molecule has 9 nitrogen and oxygen atoms in total. The van der Waals surface area contributed by atoms with Gasteiger partial charge in [-0.25, -0.2) is 8.42 Å². The molecule has 4 rings (SSSR count). The van der Waals surface area contributed by atoms with Gasteiger partial charge in [0.15, 0.2) is 10.4 Å². The van der Waals surface area contributed by atoms with Crippen LogP contribution in [-0.4, -0.2) is 50.0 Å². The third-order valence-electron chi connectivity index (χ3n) is 5.70. The van der Waals surface area contributed by atoms with Crippen LogP contribution < -0.4 is 19.1 Å². The van der Waals surface area contributed by atoms with E-state index in [9.17, 15) is 13.2 Å². The zero-order valence-corrected chi connectivity index (χ0v) is 23.8. The highest BCUT2D eigenvalue weighted by Crippen LogP contribution is 2.40. The van der Waals surface area contributed by atoms with Gasteiger partial charge in [0, 0.05) is 5.75 Å². The summed E-state index contributed by atoms with van der Waals surface area (Å²) in [5.41, 5.74) is 1.12. The lowest BCUT2D eigenvalue weighted by Gasteiger charge is -2.35. The molecule has 198 valence electrons. The van der Waals surface area contributed by atoms with Crippen molar-refractivity contribution in [1.29, 1.82) is 0 Å².